The fraction of sp³-hybridized carbons (Fsp3) is 0.231. The van der Waals surface area contributed by atoms with Crippen molar-refractivity contribution in [3.63, 3.8) is 0 Å². The van der Waals surface area contributed by atoms with Crippen molar-refractivity contribution in [2.75, 3.05) is 0 Å². The summed E-state index contributed by atoms with van der Waals surface area (Å²) in [7, 11) is 0. The van der Waals surface area contributed by atoms with Crippen molar-refractivity contribution in [1.82, 2.24) is 10.4 Å². The summed E-state index contributed by atoms with van der Waals surface area (Å²) in [4.78, 5) is 16.2. The zero-order chi connectivity index (χ0) is 12.4. The standard InChI is InChI=1S/C13H15N3O/c1-3-9-5-4-6-10-11(13(17)16-14)7-8(2)15-12(9)10/h4-7H,3,14H2,1-2H3,(H,16,17). The number of amides is 1. The van der Waals surface area contributed by atoms with Gasteiger partial charge in [0.25, 0.3) is 5.91 Å². The molecule has 3 N–H and O–H groups in total. The van der Waals surface area contributed by atoms with E-state index in [4.69, 9.17) is 5.84 Å². The third-order valence-corrected chi connectivity index (χ3v) is 2.81. The highest BCUT2D eigenvalue weighted by Gasteiger charge is 2.12. The number of aryl methyl sites for hydroxylation is 2. The Morgan fingerprint density at radius 3 is 2.88 bits per heavy atom. The van der Waals surface area contributed by atoms with Crippen LogP contribution in [0.2, 0.25) is 0 Å². The number of nitrogens with one attached hydrogen (secondary N) is 1. The summed E-state index contributed by atoms with van der Waals surface area (Å²) in [5.74, 6) is 4.91. The van der Waals surface area contributed by atoms with Gasteiger partial charge in [-0.1, -0.05) is 25.1 Å². The molecule has 1 amide bonds. The molecule has 1 heterocycles. The molecular weight excluding hydrogens is 214 g/mol. The first-order valence-electron chi connectivity index (χ1n) is 5.57. The van der Waals surface area contributed by atoms with E-state index in [1.54, 1.807) is 6.07 Å². The van der Waals surface area contributed by atoms with Crippen molar-refractivity contribution in [1.29, 1.82) is 0 Å². The van der Waals surface area contributed by atoms with Crippen molar-refractivity contribution >= 4 is 16.8 Å². The number of rotatable bonds is 2. The maximum atomic E-state index is 11.7. The number of benzene rings is 1. The van der Waals surface area contributed by atoms with E-state index in [1.165, 1.54) is 0 Å². The van der Waals surface area contributed by atoms with Crippen LogP contribution in [0.1, 0.15) is 28.5 Å². The number of carbonyl (C=O) groups is 1. The number of hydrazine groups is 1. The number of pyridine rings is 1. The molecule has 0 aliphatic carbocycles. The smallest absolute Gasteiger partial charge is 0.265 e. The predicted molar refractivity (Wildman–Crippen MR) is 67.5 cm³/mol. The zero-order valence-corrected chi connectivity index (χ0v) is 9.95. The van der Waals surface area contributed by atoms with E-state index < -0.39 is 0 Å². The number of nitrogens with zero attached hydrogens (tertiary/aromatic N) is 1. The molecule has 2 aromatic rings. The minimum absolute atomic E-state index is 0.284. The lowest BCUT2D eigenvalue weighted by molar-refractivity contribution is 0.0955. The summed E-state index contributed by atoms with van der Waals surface area (Å²) >= 11 is 0. The van der Waals surface area contributed by atoms with Gasteiger partial charge in [0.1, 0.15) is 0 Å². The molecule has 0 aliphatic rings. The van der Waals surface area contributed by atoms with Crippen LogP contribution in [0, 0.1) is 6.92 Å². The number of hydrogen-bond donors (Lipinski definition) is 2. The van der Waals surface area contributed by atoms with Gasteiger partial charge in [0.15, 0.2) is 0 Å². The highest BCUT2D eigenvalue weighted by Crippen LogP contribution is 2.22. The van der Waals surface area contributed by atoms with Gasteiger partial charge in [-0.05, 0) is 25.0 Å². The molecule has 4 nitrogen and oxygen atoms in total. The van der Waals surface area contributed by atoms with Gasteiger partial charge in [-0.15, -0.1) is 0 Å². The normalized spacial score (nSPS) is 10.5. The number of para-hydroxylation sites is 1. The molecule has 1 aromatic carbocycles. The summed E-state index contributed by atoms with van der Waals surface area (Å²) in [6.45, 7) is 3.95. The molecule has 0 saturated heterocycles. The largest absolute Gasteiger partial charge is 0.290 e. The van der Waals surface area contributed by atoms with E-state index in [0.29, 0.717) is 5.56 Å². The first-order chi connectivity index (χ1) is 8.17. The Labute approximate surface area is 99.8 Å². The Morgan fingerprint density at radius 1 is 1.47 bits per heavy atom. The van der Waals surface area contributed by atoms with Crippen LogP contribution in [0.3, 0.4) is 0 Å². The van der Waals surface area contributed by atoms with Crippen LogP contribution in [0.25, 0.3) is 10.9 Å². The van der Waals surface area contributed by atoms with Crippen LogP contribution in [-0.2, 0) is 6.42 Å². The first-order valence-corrected chi connectivity index (χ1v) is 5.57. The second kappa shape index (κ2) is 4.51. The molecule has 88 valence electrons. The van der Waals surface area contributed by atoms with Gasteiger partial charge in [-0.25, -0.2) is 5.84 Å². The lowest BCUT2D eigenvalue weighted by Crippen LogP contribution is -2.30. The number of nitrogens with two attached hydrogens (primary N) is 1. The summed E-state index contributed by atoms with van der Waals surface area (Å²) < 4.78 is 0. The van der Waals surface area contributed by atoms with Crippen molar-refractivity contribution < 1.29 is 4.79 Å². The van der Waals surface area contributed by atoms with Gasteiger partial charge in [0.05, 0.1) is 11.1 Å². The van der Waals surface area contributed by atoms with Crippen LogP contribution in [0.15, 0.2) is 24.3 Å². The second-order valence-electron chi connectivity index (χ2n) is 3.95. The fourth-order valence-corrected chi connectivity index (χ4v) is 1.99. The predicted octanol–water partition coefficient (Wildman–Crippen LogP) is 1.71. The summed E-state index contributed by atoms with van der Waals surface area (Å²) in [5, 5.41) is 0.845. The van der Waals surface area contributed by atoms with Gasteiger partial charge in [0, 0.05) is 11.1 Å². The lowest BCUT2D eigenvalue weighted by atomic mass is 10.0. The van der Waals surface area contributed by atoms with Gasteiger partial charge in [-0.2, -0.15) is 0 Å². The lowest BCUT2D eigenvalue weighted by Gasteiger charge is -2.09. The Bertz CT molecular complexity index is 578. The van der Waals surface area contributed by atoms with Crippen LogP contribution in [0.4, 0.5) is 0 Å². The minimum Gasteiger partial charge on any atom is -0.290 e. The maximum Gasteiger partial charge on any atom is 0.265 e. The molecule has 4 heteroatoms. The maximum absolute atomic E-state index is 11.7. The van der Waals surface area contributed by atoms with Gasteiger partial charge < -0.3 is 0 Å². The van der Waals surface area contributed by atoms with E-state index in [2.05, 4.69) is 17.3 Å². The van der Waals surface area contributed by atoms with Crippen molar-refractivity contribution in [3.8, 4) is 0 Å². The number of aromatic nitrogens is 1. The molecule has 0 fully saturated rings. The van der Waals surface area contributed by atoms with E-state index in [0.717, 1.165) is 28.6 Å². The number of carbonyl (C=O) groups excluding carboxylic acids is 1. The fourth-order valence-electron chi connectivity index (χ4n) is 1.99. The number of hydrogen-bond acceptors (Lipinski definition) is 3. The second-order valence-corrected chi connectivity index (χ2v) is 3.95. The van der Waals surface area contributed by atoms with Crippen LogP contribution in [-0.4, -0.2) is 10.9 Å². The summed E-state index contributed by atoms with van der Waals surface area (Å²) in [6.07, 6.45) is 0.886. The zero-order valence-electron chi connectivity index (χ0n) is 9.95. The first kappa shape index (κ1) is 11.5. The average molecular weight is 229 g/mol. The molecule has 17 heavy (non-hydrogen) atoms. The average Bonchev–Trinajstić information content (AvgIpc) is 2.36. The van der Waals surface area contributed by atoms with Gasteiger partial charge >= 0.3 is 0 Å². The Kier molecular flexibility index (Phi) is 3.06. The Balaban J connectivity index is 2.81. The molecule has 0 aliphatic heterocycles. The molecule has 1 aromatic heterocycles. The highest BCUT2D eigenvalue weighted by molar-refractivity contribution is 6.06. The van der Waals surface area contributed by atoms with E-state index in [-0.39, 0.29) is 5.91 Å². The number of fused-ring (bicyclic) bond motifs is 1. The summed E-state index contributed by atoms with van der Waals surface area (Å²) in [6, 6.07) is 7.61. The van der Waals surface area contributed by atoms with Crippen molar-refractivity contribution in [2.45, 2.75) is 20.3 Å². The molecule has 2 rings (SSSR count). The van der Waals surface area contributed by atoms with Gasteiger partial charge in [0.2, 0.25) is 0 Å². The molecular formula is C13H15N3O. The van der Waals surface area contributed by atoms with Crippen molar-refractivity contribution in [2.24, 2.45) is 5.84 Å². The van der Waals surface area contributed by atoms with E-state index in [1.807, 2.05) is 25.1 Å². The molecule has 0 spiro atoms. The monoisotopic (exact) mass is 229 g/mol. The molecule has 0 radical (unpaired) electrons. The molecule has 0 unspecified atom stereocenters. The molecule has 0 atom stereocenters. The van der Waals surface area contributed by atoms with E-state index >= 15 is 0 Å². The minimum atomic E-state index is -0.284. The number of nitrogen functional groups attached to an aromatic ring is 1. The van der Waals surface area contributed by atoms with Crippen LogP contribution < -0.4 is 11.3 Å². The van der Waals surface area contributed by atoms with Crippen LogP contribution >= 0.6 is 0 Å². The molecule has 0 bridgehead atoms. The Hall–Kier alpha value is -1.94. The van der Waals surface area contributed by atoms with Gasteiger partial charge in [-0.3, -0.25) is 15.2 Å². The third kappa shape index (κ3) is 1.99. The van der Waals surface area contributed by atoms with Crippen LogP contribution in [0.5, 0.6) is 0 Å². The Morgan fingerprint density at radius 2 is 2.24 bits per heavy atom. The summed E-state index contributed by atoms with van der Waals surface area (Å²) in [5.41, 5.74) is 5.58. The SMILES string of the molecule is CCc1cccc2c(C(=O)NN)cc(C)nc12. The van der Waals surface area contributed by atoms with Crippen molar-refractivity contribution in [3.05, 3.63) is 41.1 Å². The van der Waals surface area contributed by atoms with E-state index in [9.17, 15) is 4.79 Å². The quantitative estimate of drug-likeness (QED) is 0.468. The topological polar surface area (TPSA) is 68.0 Å². The highest BCUT2D eigenvalue weighted by atomic mass is 16.2. The third-order valence-electron chi connectivity index (χ3n) is 2.81. The molecule has 0 saturated carbocycles.